The van der Waals surface area contributed by atoms with Gasteiger partial charge in [0.05, 0.1) is 17.8 Å². The average Bonchev–Trinajstić information content (AvgIpc) is 2.77. The molecule has 3 nitrogen and oxygen atoms in total. The van der Waals surface area contributed by atoms with Gasteiger partial charge in [0.1, 0.15) is 5.75 Å². The summed E-state index contributed by atoms with van der Waals surface area (Å²) in [6, 6.07) is 8.65. The van der Waals surface area contributed by atoms with Crippen molar-refractivity contribution in [1.82, 2.24) is 10.3 Å². The van der Waals surface area contributed by atoms with Gasteiger partial charge in [-0.3, -0.25) is 0 Å². The lowest BCUT2D eigenvalue weighted by Crippen LogP contribution is -2.22. The van der Waals surface area contributed by atoms with Gasteiger partial charge in [-0.1, -0.05) is 18.2 Å². The Morgan fingerprint density at radius 1 is 1.15 bits per heavy atom. The molecule has 0 saturated carbocycles. The first-order valence-electron chi connectivity index (χ1n) is 6.85. The highest BCUT2D eigenvalue weighted by atomic mass is 32.1. The van der Waals surface area contributed by atoms with Gasteiger partial charge in [0.25, 0.3) is 0 Å². The number of para-hydroxylation sites is 1. The number of aryl methyl sites for hydroxylation is 2. The van der Waals surface area contributed by atoms with E-state index in [0.29, 0.717) is 0 Å². The van der Waals surface area contributed by atoms with Crippen molar-refractivity contribution < 1.29 is 4.74 Å². The number of rotatable bonds is 5. The van der Waals surface area contributed by atoms with Crippen molar-refractivity contribution in [2.75, 3.05) is 7.11 Å². The lowest BCUT2D eigenvalue weighted by atomic mass is 10.1. The summed E-state index contributed by atoms with van der Waals surface area (Å²) in [6.07, 6.45) is 0. The Balaban J connectivity index is 2.15. The summed E-state index contributed by atoms with van der Waals surface area (Å²) >= 11 is 1.76. The fourth-order valence-corrected chi connectivity index (χ4v) is 3.45. The van der Waals surface area contributed by atoms with Crippen molar-refractivity contribution in [3.05, 3.63) is 45.4 Å². The molecule has 1 N–H and O–H groups in total. The summed E-state index contributed by atoms with van der Waals surface area (Å²) in [5, 5.41) is 4.75. The minimum atomic E-state index is 0.225. The Morgan fingerprint density at radius 3 is 2.45 bits per heavy atom. The maximum atomic E-state index is 5.43. The average molecular weight is 290 g/mol. The molecule has 0 aliphatic rings. The molecule has 1 aromatic heterocycles. The quantitative estimate of drug-likeness (QED) is 0.897. The second-order valence-corrected chi connectivity index (χ2v) is 6.27. The van der Waals surface area contributed by atoms with Crippen molar-refractivity contribution in [1.29, 1.82) is 0 Å². The first kappa shape index (κ1) is 15.0. The van der Waals surface area contributed by atoms with E-state index >= 15 is 0 Å². The van der Waals surface area contributed by atoms with Gasteiger partial charge in [0, 0.05) is 22.5 Å². The van der Waals surface area contributed by atoms with E-state index in [4.69, 9.17) is 4.74 Å². The molecular weight excluding hydrogens is 268 g/mol. The fraction of sp³-hybridized carbons (Fsp3) is 0.438. The van der Waals surface area contributed by atoms with Gasteiger partial charge in [-0.05, 0) is 33.8 Å². The van der Waals surface area contributed by atoms with E-state index in [9.17, 15) is 0 Å². The topological polar surface area (TPSA) is 34.1 Å². The molecule has 108 valence electrons. The second-order valence-electron chi connectivity index (χ2n) is 5.03. The third kappa shape index (κ3) is 3.19. The predicted molar refractivity (Wildman–Crippen MR) is 84.5 cm³/mol. The molecule has 2 rings (SSSR count). The lowest BCUT2D eigenvalue weighted by Gasteiger charge is -2.21. The van der Waals surface area contributed by atoms with E-state index in [-0.39, 0.29) is 12.1 Å². The summed E-state index contributed by atoms with van der Waals surface area (Å²) in [7, 11) is 1.71. The molecule has 4 heteroatoms. The van der Waals surface area contributed by atoms with Crippen LogP contribution in [0.5, 0.6) is 5.75 Å². The van der Waals surface area contributed by atoms with Crippen LogP contribution < -0.4 is 10.1 Å². The van der Waals surface area contributed by atoms with Crippen LogP contribution in [0, 0.1) is 13.8 Å². The van der Waals surface area contributed by atoms with E-state index in [1.165, 1.54) is 10.4 Å². The first-order chi connectivity index (χ1) is 9.52. The third-order valence-corrected chi connectivity index (χ3v) is 4.69. The first-order valence-corrected chi connectivity index (χ1v) is 7.67. The van der Waals surface area contributed by atoms with Crippen LogP contribution in [0.25, 0.3) is 0 Å². The van der Waals surface area contributed by atoms with E-state index in [0.717, 1.165) is 16.5 Å². The fourth-order valence-electron chi connectivity index (χ4n) is 2.51. The van der Waals surface area contributed by atoms with E-state index in [1.807, 2.05) is 18.2 Å². The minimum absolute atomic E-state index is 0.225. The van der Waals surface area contributed by atoms with Gasteiger partial charge in [0.2, 0.25) is 0 Å². The second kappa shape index (κ2) is 6.37. The van der Waals surface area contributed by atoms with Gasteiger partial charge >= 0.3 is 0 Å². The molecular formula is C16H22N2OS. The van der Waals surface area contributed by atoms with Crippen LogP contribution in [-0.4, -0.2) is 12.1 Å². The monoisotopic (exact) mass is 290 g/mol. The molecule has 20 heavy (non-hydrogen) atoms. The smallest absolute Gasteiger partial charge is 0.123 e. The van der Waals surface area contributed by atoms with Crippen LogP contribution in [-0.2, 0) is 0 Å². The number of benzene rings is 1. The molecule has 2 unspecified atom stereocenters. The number of nitrogens with one attached hydrogen (secondary N) is 1. The largest absolute Gasteiger partial charge is 0.496 e. The molecule has 0 spiro atoms. The molecule has 0 radical (unpaired) electrons. The van der Waals surface area contributed by atoms with Gasteiger partial charge in [-0.2, -0.15) is 0 Å². The number of hydrogen-bond donors (Lipinski definition) is 1. The maximum Gasteiger partial charge on any atom is 0.123 e. The number of hydrogen-bond acceptors (Lipinski definition) is 4. The van der Waals surface area contributed by atoms with Gasteiger partial charge in [0.15, 0.2) is 0 Å². The predicted octanol–water partition coefficient (Wildman–Crippen LogP) is 4.18. The van der Waals surface area contributed by atoms with Crippen LogP contribution in [0.1, 0.15) is 47.1 Å². The van der Waals surface area contributed by atoms with Crippen LogP contribution >= 0.6 is 11.3 Å². The van der Waals surface area contributed by atoms with Gasteiger partial charge in [-0.15, -0.1) is 11.3 Å². The van der Waals surface area contributed by atoms with Crippen LogP contribution in [0.4, 0.5) is 0 Å². The molecule has 1 heterocycles. The highest BCUT2D eigenvalue weighted by molar-refractivity contribution is 7.11. The van der Waals surface area contributed by atoms with Crippen LogP contribution in [0.3, 0.4) is 0 Å². The summed E-state index contributed by atoms with van der Waals surface area (Å²) in [5.41, 5.74) is 2.31. The number of nitrogens with zero attached hydrogens (tertiary/aromatic N) is 1. The normalized spacial score (nSPS) is 14.1. The SMILES string of the molecule is COc1ccccc1C(C)NC(C)c1sc(C)nc1C. The molecule has 0 fully saturated rings. The number of ether oxygens (including phenoxy) is 1. The molecule has 2 aromatic rings. The Kier molecular flexibility index (Phi) is 4.78. The summed E-state index contributed by atoms with van der Waals surface area (Å²) in [6.45, 7) is 8.48. The zero-order valence-corrected chi connectivity index (χ0v) is 13.5. The van der Waals surface area contributed by atoms with Crippen molar-refractivity contribution in [2.24, 2.45) is 0 Å². The van der Waals surface area contributed by atoms with Gasteiger partial charge < -0.3 is 10.1 Å². The minimum Gasteiger partial charge on any atom is -0.496 e. The highest BCUT2D eigenvalue weighted by Gasteiger charge is 2.17. The van der Waals surface area contributed by atoms with Crippen molar-refractivity contribution >= 4 is 11.3 Å². The van der Waals surface area contributed by atoms with E-state index in [2.05, 4.69) is 44.1 Å². The number of thiazole rings is 1. The molecule has 0 aliphatic heterocycles. The van der Waals surface area contributed by atoms with Crippen molar-refractivity contribution in [3.63, 3.8) is 0 Å². The molecule has 0 saturated heterocycles. The van der Waals surface area contributed by atoms with E-state index in [1.54, 1.807) is 18.4 Å². The Morgan fingerprint density at radius 2 is 1.85 bits per heavy atom. The van der Waals surface area contributed by atoms with E-state index < -0.39 is 0 Å². The van der Waals surface area contributed by atoms with Crippen molar-refractivity contribution in [2.45, 2.75) is 39.8 Å². The number of methoxy groups -OCH3 is 1. The van der Waals surface area contributed by atoms with Crippen LogP contribution in [0.15, 0.2) is 24.3 Å². The molecule has 0 amide bonds. The molecule has 2 atom stereocenters. The standard InChI is InChI=1S/C16H22N2OS/c1-10(14-8-6-7-9-15(14)19-5)17-11(2)16-12(3)18-13(4)20-16/h6-11,17H,1-5H3. The van der Waals surface area contributed by atoms with Crippen LogP contribution in [0.2, 0.25) is 0 Å². The van der Waals surface area contributed by atoms with Gasteiger partial charge in [-0.25, -0.2) is 4.98 Å². The molecule has 0 bridgehead atoms. The zero-order valence-electron chi connectivity index (χ0n) is 12.7. The Bertz CT molecular complexity index is 580. The number of aromatic nitrogens is 1. The molecule has 1 aromatic carbocycles. The Hall–Kier alpha value is -1.39. The Labute approximate surface area is 125 Å². The zero-order chi connectivity index (χ0) is 14.7. The van der Waals surface area contributed by atoms with Crippen molar-refractivity contribution in [3.8, 4) is 5.75 Å². The molecule has 0 aliphatic carbocycles. The summed E-state index contributed by atoms with van der Waals surface area (Å²) in [4.78, 5) is 5.81. The summed E-state index contributed by atoms with van der Waals surface area (Å²) < 4.78 is 5.43. The lowest BCUT2D eigenvalue weighted by molar-refractivity contribution is 0.397. The summed E-state index contributed by atoms with van der Waals surface area (Å²) in [5.74, 6) is 0.928. The third-order valence-electron chi connectivity index (χ3n) is 3.44. The highest BCUT2D eigenvalue weighted by Crippen LogP contribution is 2.29. The maximum absolute atomic E-state index is 5.43.